The van der Waals surface area contributed by atoms with E-state index in [1.807, 2.05) is 18.2 Å². The molecular weight excluding hydrogens is 216 g/mol. The van der Waals surface area contributed by atoms with Crippen molar-refractivity contribution in [3.8, 4) is 11.5 Å². The Labute approximate surface area is 102 Å². The maximum atomic E-state index is 10.2. The number of methoxy groups -OCH3 is 1. The number of rotatable bonds is 3. The van der Waals surface area contributed by atoms with Crippen molar-refractivity contribution in [1.82, 2.24) is 0 Å². The first-order valence-corrected chi connectivity index (χ1v) is 6.13. The van der Waals surface area contributed by atoms with E-state index >= 15 is 0 Å². The van der Waals surface area contributed by atoms with E-state index in [1.165, 1.54) is 0 Å². The zero-order valence-corrected chi connectivity index (χ0v) is 10.7. The zero-order chi connectivity index (χ0) is 12.5. The molecule has 0 saturated carbocycles. The number of fused-ring (bicyclic) bond motifs is 1. The summed E-state index contributed by atoms with van der Waals surface area (Å²) in [4.78, 5) is 0. The summed E-state index contributed by atoms with van der Waals surface area (Å²) in [5.41, 5.74) is 0.590. The fraction of sp³-hybridized carbons (Fsp3) is 0.571. The minimum Gasteiger partial charge on any atom is -0.497 e. The molecule has 3 nitrogen and oxygen atoms in total. The van der Waals surface area contributed by atoms with Crippen LogP contribution in [-0.2, 0) is 0 Å². The number of hydrogen-bond acceptors (Lipinski definition) is 3. The summed E-state index contributed by atoms with van der Waals surface area (Å²) in [6.45, 7) is 4.18. The lowest BCUT2D eigenvalue weighted by Crippen LogP contribution is -2.37. The summed E-state index contributed by atoms with van der Waals surface area (Å²) in [5.74, 6) is 1.51. The van der Waals surface area contributed by atoms with E-state index in [-0.39, 0.29) is 5.60 Å². The normalized spacial score (nSPS) is 27.2. The summed E-state index contributed by atoms with van der Waals surface area (Å²) in [6, 6.07) is 5.59. The highest BCUT2D eigenvalue weighted by Crippen LogP contribution is 2.42. The molecule has 0 aromatic heterocycles. The van der Waals surface area contributed by atoms with Gasteiger partial charge in [0.1, 0.15) is 17.1 Å². The minimum absolute atomic E-state index is 0.270. The van der Waals surface area contributed by atoms with E-state index in [4.69, 9.17) is 9.47 Å². The summed E-state index contributed by atoms with van der Waals surface area (Å²) >= 11 is 0. The van der Waals surface area contributed by atoms with Crippen molar-refractivity contribution < 1.29 is 14.6 Å². The highest BCUT2D eigenvalue weighted by molar-refractivity contribution is 5.43. The van der Waals surface area contributed by atoms with E-state index in [0.29, 0.717) is 6.42 Å². The lowest BCUT2D eigenvalue weighted by atomic mass is 9.87. The number of benzene rings is 1. The van der Waals surface area contributed by atoms with Crippen LogP contribution in [0.15, 0.2) is 18.2 Å². The molecule has 0 aliphatic carbocycles. The molecule has 0 fully saturated rings. The third kappa shape index (κ3) is 2.39. The molecule has 0 radical (unpaired) electrons. The Hall–Kier alpha value is -1.22. The second kappa shape index (κ2) is 4.57. The van der Waals surface area contributed by atoms with Crippen LogP contribution in [0.25, 0.3) is 0 Å². The quantitative estimate of drug-likeness (QED) is 0.876. The molecule has 2 atom stereocenters. The van der Waals surface area contributed by atoms with Crippen LogP contribution in [0, 0.1) is 0 Å². The molecule has 1 N–H and O–H groups in total. The molecular formula is C14H20O3. The van der Waals surface area contributed by atoms with Gasteiger partial charge in [-0.3, -0.25) is 0 Å². The maximum absolute atomic E-state index is 10.2. The van der Waals surface area contributed by atoms with E-state index in [9.17, 15) is 5.11 Å². The van der Waals surface area contributed by atoms with Gasteiger partial charge < -0.3 is 14.6 Å². The second-order valence-corrected chi connectivity index (χ2v) is 4.93. The smallest absolute Gasteiger partial charge is 0.129 e. The van der Waals surface area contributed by atoms with Gasteiger partial charge in [0.25, 0.3) is 0 Å². The molecule has 0 bridgehead atoms. The number of aliphatic hydroxyl groups excluding tert-OH is 1. The summed E-state index contributed by atoms with van der Waals surface area (Å²) in [5, 5.41) is 10.2. The van der Waals surface area contributed by atoms with Gasteiger partial charge in [0.05, 0.1) is 13.2 Å². The van der Waals surface area contributed by atoms with Crippen LogP contribution in [0.4, 0.5) is 0 Å². The van der Waals surface area contributed by atoms with Gasteiger partial charge in [-0.1, -0.05) is 13.3 Å². The minimum atomic E-state index is -0.443. The third-order valence-electron chi connectivity index (χ3n) is 3.34. The van der Waals surface area contributed by atoms with Crippen molar-refractivity contribution in [2.75, 3.05) is 7.11 Å². The lowest BCUT2D eigenvalue weighted by Gasteiger charge is -2.38. The molecule has 0 spiro atoms. The average Bonchev–Trinajstić information content (AvgIpc) is 2.27. The monoisotopic (exact) mass is 236 g/mol. The van der Waals surface area contributed by atoms with Gasteiger partial charge in [0.2, 0.25) is 0 Å². The first-order chi connectivity index (χ1) is 8.08. The fourth-order valence-electron chi connectivity index (χ4n) is 2.51. The van der Waals surface area contributed by atoms with Gasteiger partial charge in [-0.2, -0.15) is 0 Å². The van der Waals surface area contributed by atoms with Crippen LogP contribution in [-0.4, -0.2) is 17.8 Å². The maximum Gasteiger partial charge on any atom is 0.129 e. The Kier molecular flexibility index (Phi) is 3.29. The Morgan fingerprint density at radius 2 is 2.29 bits per heavy atom. The van der Waals surface area contributed by atoms with E-state index in [1.54, 1.807) is 7.11 Å². The first kappa shape index (κ1) is 12.2. The molecule has 1 aliphatic rings. The predicted molar refractivity (Wildman–Crippen MR) is 66.5 cm³/mol. The van der Waals surface area contributed by atoms with Crippen LogP contribution < -0.4 is 9.47 Å². The van der Waals surface area contributed by atoms with Gasteiger partial charge in [0, 0.05) is 18.1 Å². The molecule has 3 heteroatoms. The van der Waals surface area contributed by atoms with Gasteiger partial charge in [0.15, 0.2) is 0 Å². The molecule has 1 aliphatic heterocycles. The van der Waals surface area contributed by atoms with Crippen LogP contribution in [0.1, 0.15) is 44.8 Å². The molecule has 2 rings (SSSR count). The molecule has 17 heavy (non-hydrogen) atoms. The zero-order valence-electron chi connectivity index (χ0n) is 10.7. The van der Waals surface area contributed by atoms with E-state index in [0.717, 1.165) is 29.9 Å². The van der Waals surface area contributed by atoms with Crippen molar-refractivity contribution in [2.45, 2.75) is 44.8 Å². The standard InChI is InChI=1S/C14H20O3/c1-4-7-14(2)9-12(15)11-6-5-10(16-3)8-13(11)17-14/h5-6,8,12,15H,4,7,9H2,1-3H3. The van der Waals surface area contributed by atoms with E-state index in [2.05, 4.69) is 13.8 Å². The first-order valence-electron chi connectivity index (χ1n) is 6.13. The number of hydrogen-bond donors (Lipinski definition) is 1. The third-order valence-corrected chi connectivity index (χ3v) is 3.34. The van der Waals surface area contributed by atoms with Gasteiger partial charge in [-0.25, -0.2) is 0 Å². The Balaban J connectivity index is 2.33. The van der Waals surface area contributed by atoms with Crippen LogP contribution in [0.3, 0.4) is 0 Å². The highest BCUT2D eigenvalue weighted by Gasteiger charge is 2.35. The summed E-state index contributed by atoms with van der Waals surface area (Å²) in [7, 11) is 1.63. The molecule has 0 amide bonds. The van der Waals surface area contributed by atoms with E-state index < -0.39 is 6.10 Å². The van der Waals surface area contributed by atoms with Gasteiger partial charge in [-0.15, -0.1) is 0 Å². The van der Waals surface area contributed by atoms with Crippen LogP contribution in [0.5, 0.6) is 11.5 Å². The van der Waals surface area contributed by atoms with Gasteiger partial charge >= 0.3 is 0 Å². The van der Waals surface area contributed by atoms with Crippen molar-refractivity contribution in [3.05, 3.63) is 23.8 Å². The van der Waals surface area contributed by atoms with Crippen LogP contribution in [0.2, 0.25) is 0 Å². The average molecular weight is 236 g/mol. The molecule has 94 valence electrons. The number of aliphatic hydroxyl groups is 1. The van der Waals surface area contributed by atoms with Crippen molar-refractivity contribution in [2.24, 2.45) is 0 Å². The second-order valence-electron chi connectivity index (χ2n) is 4.93. The molecule has 1 heterocycles. The molecule has 0 saturated heterocycles. The largest absolute Gasteiger partial charge is 0.497 e. The Morgan fingerprint density at radius 1 is 1.53 bits per heavy atom. The van der Waals surface area contributed by atoms with Crippen molar-refractivity contribution in [3.63, 3.8) is 0 Å². The topological polar surface area (TPSA) is 38.7 Å². The Morgan fingerprint density at radius 3 is 2.94 bits per heavy atom. The fourth-order valence-corrected chi connectivity index (χ4v) is 2.51. The SMILES string of the molecule is CCCC1(C)CC(O)c2ccc(OC)cc2O1. The van der Waals surface area contributed by atoms with Crippen molar-refractivity contribution in [1.29, 1.82) is 0 Å². The number of ether oxygens (including phenoxy) is 2. The van der Waals surface area contributed by atoms with Crippen LogP contribution >= 0.6 is 0 Å². The van der Waals surface area contributed by atoms with Gasteiger partial charge in [-0.05, 0) is 25.5 Å². The lowest BCUT2D eigenvalue weighted by molar-refractivity contribution is -0.00749. The molecule has 1 aromatic carbocycles. The molecule has 2 unspecified atom stereocenters. The predicted octanol–water partition coefficient (Wildman–Crippen LogP) is 3.07. The highest BCUT2D eigenvalue weighted by atomic mass is 16.5. The summed E-state index contributed by atoms with van der Waals surface area (Å²) in [6.07, 6.45) is 2.20. The molecule has 1 aromatic rings. The Bertz CT molecular complexity index is 402. The summed E-state index contributed by atoms with van der Waals surface area (Å²) < 4.78 is 11.2. The van der Waals surface area contributed by atoms with Crippen molar-refractivity contribution >= 4 is 0 Å².